The van der Waals surface area contributed by atoms with Gasteiger partial charge in [-0.15, -0.1) is 0 Å². The number of hydrogen-bond acceptors (Lipinski definition) is 5. The first-order valence-corrected chi connectivity index (χ1v) is 15.1. The minimum atomic E-state index is -4.68. The van der Waals surface area contributed by atoms with Gasteiger partial charge in [0.1, 0.15) is 5.75 Å². The van der Waals surface area contributed by atoms with E-state index in [-0.39, 0.29) is 37.9 Å². The van der Waals surface area contributed by atoms with E-state index in [4.69, 9.17) is 4.74 Å². The van der Waals surface area contributed by atoms with Gasteiger partial charge in [0.15, 0.2) is 0 Å². The van der Waals surface area contributed by atoms with E-state index in [2.05, 4.69) is 5.32 Å². The summed E-state index contributed by atoms with van der Waals surface area (Å²) in [6.07, 6.45) is -3.09. The molecule has 0 aromatic heterocycles. The van der Waals surface area contributed by atoms with Crippen LogP contribution in [0.5, 0.6) is 5.75 Å². The summed E-state index contributed by atoms with van der Waals surface area (Å²) >= 11 is 0. The molecule has 0 bridgehead atoms. The van der Waals surface area contributed by atoms with Crippen LogP contribution in [0.15, 0.2) is 47.4 Å². The van der Waals surface area contributed by atoms with Crippen molar-refractivity contribution in [2.75, 3.05) is 26.2 Å². The second kappa shape index (κ2) is 11.5. The Labute approximate surface area is 235 Å². The monoisotopic (exact) mass is 601 g/mol. The lowest BCUT2D eigenvalue weighted by Crippen LogP contribution is -2.42. The minimum Gasteiger partial charge on any atom is -0.493 e. The molecule has 224 valence electrons. The predicted octanol–water partition coefficient (Wildman–Crippen LogP) is 5.12. The van der Waals surface area contributed by atoms with Crippen molar-refractivity contribution >= 4 is 15.9 Å². The first-order chi connectivity index (χ1) is 19.3. The van der Waals surface area contributed by atoms with Gasteiger partial charge in [-0.1, -0.05) is 18.2 Å². The van der Waals surface area contributed by atoms with E-state index in [0.29, 0.717) is 57.2 Å². The molecule has 7 nitrogen and oxygen atoms in total. The quantitative estimate of drug-likeness (QED) is 0.446. The highest BCUT2D eigenvalue weighted by molar-refractivity contribution is 7.89. The standard InChI is InChI=1S/C28H32F5N3O4S/c29-27(30)10-3-11-35(18-27)17-19-7-8-23-24(9-13-40-25(23)14-19)34-26(37)16-21-5-2-12-36(21)41(38,39)22-6-1-4-20(15-22)28(31,32)33/h1,4,6-8,14-15,21,24H,2-3,5,9-13,16-18H2,(H,34,37). The first-order valence-electron chi connectivity index (χ1n) is 13.7. The van der Waals surface area contributed by atoms with Crippen molar-refractivity contribution in [3.8, 4) is 5.75 Å². The van der Waals surface area contributed by atoms with Gasteiger partial charge < -0.3 is 10.1 Å². The van der Waals surface area contributed by atoms with Crippen LogP contribution in [0, 0.1) is 0 Å². The lowest BCUT2D eigenvalue weighted by molar-refractivity contribution is -0.137. The number of piperidine rings is 1. The number of likely N-dealkylation sites (tertiary alicyclic amines) is 1. The molecule has 5 rings (SSSR count). The summed E-state index contributed by atoms with van der Waals surface area (Å²) in [6.45, 7) is 1.12. The molecule has 2 fully saturated rings. The van der Waals surface area contributed by atoms with E-state index in [1.54, 1.807) is 11.0 Å². The molecule has 3 aliphatic heterocycles. The molecule has 0 spiro atoms. The van der Waals surface area contributed by atoms with Gasteiger partial charge in [-0.05, 0) is 55.6 Å². The van der Waals surface area contributed by atoms with Crippen LogP contribution in [0.4, 0.5) is 22.0 Å². The van der Waals surface area contributed by atoms with Gasteiger partial charge in [0.25, 0.3) is 5.92 Å². The fourth-order valence-electron chi connectivity index (χ4n) is 5.89. The number of rotatable bonds is 7. The second-order valence-electron chi connectivity index (χ2n) is 10.9. The Morgan fingerprint density at radius 3 is 2.63 bits per heavy atom. The first kappa shape index (κ1) is 29.7. The highest BCUT2D eigenvalue weighted by atomic mass is 32.2. The fourth-order valence-corrected chi connectivity index (χ4v) is 7.63. The highest BCUT2D eigenvalue weighted by Crippen LogP contribution is 2.36. The smallest absolute Gasteiger partial charge is 0.416 e. The van der Waals surface area contributed by atoms with Gasteiger partial charge in [-0.3, -0.25) is 9.69 Å². The summed E-state index contributed by atoms with van der Waals surface area (Å²) in [6, 6.07) is 8.02. The molecule has 2 atom stereocenters. The third-order valence-electron chi connectivity index (χ3n) is 7.84. The number of benzene rings is 2. The number of carbonyl (C=O) groups is 1. The zero-order chi connectivity index (χ0) is 29.4. The second-order valence-corrected chi connectivity index (χ2v) is 12.8. The average molecular weight is 602 g/mol. The van der Waals surface area contributed by atoms with E-state index >= 15 is 0 Å². The van der Waals surface area contributed by atoms with Crippen molar-refractivity contribution in [1.82, 2.24) is 14.5 Å². The van der Waals surface area contributed by atoms with E-state index in [1.807, 2.05) is 12.1 Å². The fraction of sp³-hybridized carbons (Fsp3) is 0.536. The summed E-state index contributed by atoms with van der Waals surface area (Å²) in [7, 11) is -4.24. The summed E-state index contributed by atoms with van der Waals surface area (Å²) in [4.78, 5) is 14.3. The van der Waals surface area contributed by atoms with E-state index in [9.17, 15) is 35.2 Å². The van der Waals surface area contributed by atoms with Crippen LogP contribution in [-0.2, 0) is 27.5 Å². The molecule has 2 unspecified atom stereocenters. The third-order valence-corrected chi connectivity index (χ3v) is 9.79. The van der Waals surface area contributed by atoms with Gasteiger partial charge in [-0.2, -0.15) is 17.5 Å². The molecule has 0 aliphatic carbocycles. The Kier molecular flexibility index (Phi) is 8.32. The zero-order valence-electron chi connectivity index (χ0n) is 22.3. The molecule has 0 radical (unpaired) electrons. The number of hydrogen-bond donors (Lipinski definition) is 1. The maximum absolute atomic E-state index is 13.8. The number of carbonyl (C=O) groups excluding carboxylic acids is 1. The lowest BCUT2D eigenvalue weighted by atomic mass is 9.97. The number of ether oxygens (including phenoxy) is 1. The summed E-state index contributed by atoms with van der Waals surface area (Å²) in [5.74, 6) is -2.50. The van der Waals surface area contributed by atoms with E-state index in [1.165, 1.54) is 0 Å². The number of alkyl halides is 5. The van der Waals surface area contributed by atoms with Gasteiger partial charge in [0, 0.05) is 44.0 Å². The number of fused-ring (bicyclic) bond motifs is 1. The Bertz CT molecular complexity index is 1390. The van der Waals surface area contributed by atoms with Crippen LogP contribution in [0.1, 0.15) is 61.3 Å². The van der Waals surface area contributed by atoms with Crippen LogP contribution < -0.4 is 10.1 Å². The highest BCUT2D eigenvalue weighted by Gasteiger charge is 2.39. The number of amides is 1. The summed E-state index contributed by atoms with van der Waals surface area (Å²) in [5, 5.41) is 2.96. The Balaban J connectivity index is 1.23. The van der Waals surface area contributed by atoms with Crippen molar-refractivity contribution in [3.05, 3.63) is 59.2 Å². The lowest BCUT2D eigenvalue weighted by Gasteiger charge is -2.33. The van der Waals surface area contributed by atoms with Crippen LogP contribution in [0.2, 0.25) is 0 Å². The molecule has 3 aliphatic rings. The molecule has 2 saturated heterocycles. The maximum Gasteiger partial charge on any atom is 0.416 e. The van der Waals surface area contributed by atoms with Crippen molar-refractivity contribution in [2.24, 2.45) is 0 Å². The molecule has 0 saturated carbocycles. The number of nitrogens with one attached hydrogen (secondary N) is 1. The molecular weight excluding hydrogens is 569 g/mol. The molecule has 3 heterocycles. The van der Waals surface area contributed by atoms with Gasteiger partial charge >= 0.3 is 6.18 Å². The van der Waals surface area contributed by atoms with Crippen molar-refractivity contribution in [3.63, 3.8) is 0 Å². The third kappa shape index (κ3) is 6.83. The Hall–Kier alpha value is -2.77. The van der Waals surface area contributed by atoms with E-state index < -0.39 is 38.6 Å². The predicted molar refractivity (Wildman–Crippen MR) is 140 cm³/mol. The molecule has 1 amide bonds. The summed E-state index contributed by atoms with van der Waals surface area (Å²) < 4.78 is 100. The number of nitrogens with zero attached hydrogens (tertiary/aromatic N) is 2. The van der Waals surface area contributed by atoms with Crippen LogP contribution >= 0.6 is 0 Å². The largest absolute Gasteiger partial charge is 0.493 e. The molecule has 41 heavy (non-hydrogen) atoms. The van der Waals surface area contributed by atoms with E-state index in [0.717, 1.165) is 33.6 Å². The summed E-state index contributed by atoms with van der Waals surface area (Å²) in [5.41, 5.74) is 0.522. The number of sulfonamides is 1. The number of halogens is 5. The van der Waals surface area contributed by atoms with Crippen LogP contribution in [0.25, 0.3) is 0 Å². The van der Waals surface area contributed by atoms with Crippen molar-refractivity contribution < 1.29 is 39.9 Å². The molecule has 2 aromatic rings. The van der Waals surface area contributed by atoms with Gasteiger partial charge in [0.2, 0.25) is 15.9 Å². The van der Waals surface area contributed by atoms with Gasteiger partial charge in [0.05, 0.1) is 29.7 Å². The Morgan fingerprint density at radius 2 is 1.88 bits per heavy atom. The molecule has 1 N–H and O–H groups in total. The van der Waals surface area contributed by atoms with Crippen LogP contribution in [-0.4, -0.2) is 61.7 Å². The van der Waals surface area contributed by atoms with Crippen molar-refractivity contribution in [2.45, 2.75) is 74.1 Å². The van der Waals surface area contributed by atoms with Crippen molar-refractivity contribution in [1.29, 1.82) is 0 Å². The van der Waals surface area contributed by atoms with Gasteiger partial charge in [-0.25, -0.2) is 17.2 Å². The maximum atomic E-state index is 13.8. The minimum absolute atomic E-state index is 0.103. The molecule has 2 aromatic carbocycles. The Morgan fingerprint density at radius 1 is 1.07 bits per heavy atom. The molecule has 13 heteroatoms. The SMILES string of the molecule is O=C(CC1CCCN1S(=O)(=O)c1cccc(C(F)(F)F)c1)NC1CCOc2cc(CN3CCCC(F)(F)C3)ccc21. The van der Waals surface area contributed by atoms with Crippen LogP contribution in [0.3, 0.4) is 0 Å². The topological polar surface area (TPSA) is 79.0 Å². The normalized spacial score (nSPS) is 23.5. The molecular formula is C28H32F5N3O4S. The zero-order valence-corrected chi connectivity index (χ0v) is 23.1. The average Bonchev–Trinajstić information content (AvgIpc) is 3.36.